The molecule has 1 aliphatic rings. The molecule has 0 spiro atoms. The van der Waals surface area contributed by atoms with Crippen molar-refractivity contribution in [3.8, 4) is 5.75 Å². The summed E-state index contributed by atoms with van der Waals surface area (Å²) in [7, 11) is 0. The van der Waals surface area contributed by atoms with Crippen molar-refractivity contribution in [2.45, 2.75) is 32.2 Å². The molecule has 1 fully saturated rings. The number of phenols is 1. The minimum absolute atomic E-state index is 0.0121. The second-order valence-electron chi connectivity index (χ2n) is 4.65. The van der Waals surface area contributed by atoms with E-state index in [1.165, 1.54) is 12.1 Å². The fraction of sp³-hybridized carbons (Fsp3) is 0.462. The van der Waals surface area contributed by atoms with E-state index in [2.05, 4.69) is 12.2 Å². The zero-order chi connectivity index (χ0) is 12.4. The van der Waals surface area contributed by atoms with Gasteiger partial charge in [0.25, 0.3) is 5.91 Å². The Morgan fingerprint density at radius 1 is 1.47 bits per heavy atom. The van der Waals surface area contributed by atoms with Gasteiger partial charge in [-0.25, -0.2) is 4.39 Å². The average molecular weight is 237 g/mol. The summed E-state index contributed by atoms with van der Waals surface area (Å²) in [5.74, 6) is -0.818. The van der Waals surface area contributed by atoms with Crippen molar-refractivity contribution in [3.05, 3.63) is 29.6 Å². The molecule has 17 heavy (non-hydrogen) atoms. The minimum atomic E-state index is -0.687. The molecule has 0 heterocycles. The minimum Gasteiger partial charge on any atom is -0.508 e. The predicted molar refractivity (Wildman–Crippen MR) is 62.3 cm³/mol. The number of hydrogen-bond donors (Lipinski definition) is 2. The highest BCUT2D eigenvalue weighted by atomic mass is 19.1. The number of carbonyl (C=O) groups is 1. The van der Waals surface area contributed by atoms with Crippen molar-refractivity contribution in [2.24, 2.45) is 5.92 Å². The van der Waals surface area contributed by atoms with E-state index >= 15 is 0 Å². The van der Waals surface area contributed by atoms with Crippen molar-refractivity contribution in [1.82, 2.24) is 5.32 Å². The fourth-order valence-electron chi connectivity index (χ4n) is 2.29. The van der Waals surface area contributed by atoms with Gasteiger partial charge in [0.15, 0.2) is 0 Å². The van der Waals surface area contributed by atoms with E-state index in [4.69, 9.17) is 5.11 Å². The standard InChI is InChI=1S/C13H16FNO2/c1-8-3-2-4-12(8)15-13(17)10-6-5-9(16)7-11(10)14/h5-8,12,16H,2-4H2,1H3,(H,15,17). The first-order valence-electron chi connectivity index (χ1n) is 5.87. The Bertz CT molecular complexity index is 433. The van der Waals surface area contributed by atoms with Gasteiger partial charge in [-0.05, 0) is 30.9 Å². The van der Waals surface area contributed by atoms with Crippen LogP contribution in [0.1, 0.15) is 36.5 Å². The topological polar surface area (TPSA) is 49.3 Å². The fourth-order valence-corrected chi connectivity index (χ4v) is 2.29. The SMILES string of the molecule is CC1CCCC1NC(=O)c1ccc(O)cc1F. The van der Waals surface area contributed by atoms with Gasteiger partial charge in [0.1, 0.15) is 11.6 Å². The molecule has 1 saturated carbocycles. The Labute approximate surface area is 99.7 Å². The first-order chi connectivity index (χ1) is 8.08. The number of phenolic OH excluding ortho intramolecular Hbond substituents is 1. The zero-order valence-electron chi connectivity index (χ0n) is 9.74. The molecule has 1 aromatic carbocycles. The Hall–Kier alpha value is -1.58. The highest BCUT2D eigenvalue weighted by Gasteiger charge is 2.25. The highest BCUT2D eigenvalue weighted by molar-refractivity contribution is 5.94. The van der Waals surface area contributed by atoms with E-state index in [9.17, 15) is 9.18 Å². The van der Waals surface area contributed by atoms with Gasteiger partial charge >= 0.3 is 0 Å². The van der Waals surface area contributed by atoms with Crippen LogP contribution in [0.15, 0.2) is 18.2 Å². The number of amides is 1. The molecular weight excluding hydrogens is 221 g/mol. The number of carbonyl (C=O) groups excluding carboxylic acids is 1. The highest BCUT2D eigenvalue weighted by Crippen LogP contribution is 2.25. The van der Waals surface area contributed by atoms with Gasteiger partial charge in [-0.2, -0.15) is 0 Å². The third kappa shape index (κ3) is 2.57. The number of benzene rings is 1. The van der Waals surface area contributed by atoms with Crippen molar-refractivity contribution in [3.63, 3.8) is 0 Å². The van der Waals surface area contributed by atoms with Crippen LogP contribution in [0.4, 0.5) is 4.39 Å². The van der Waals surface area contributed by atoms with Crippen LogP contribution in [0.5, 0.6) is 5.75 Å². The molecule has 0 aliphatic heterocycles. The molecule has 0 saturated heterocycles. The van der Waals surface area contributed by atoms with Crippen molar-refractivity contribution < 1.29 is 14.3 Å². The smallest absolute Gasteiger partial charge is 0.254 e. The van der Waals surface area contributed by atoms with Crippen molar-refractivity contribution in [2.75, 3.05) is 0 Å². The van der Waals surface area contributed by atoms with Crippen LogP contribution in [-0.4, -0.2) is 17.1 Å². The molecule has 0 aromatic heterocycles. The summed E-state index contributed by atoms with van der Waals surface area (Å²) in [4.78, 5) is 11.8. The number of halogens is 1. The maximum Gasteiger partial charge on any atom is 0.254 e. The predicted octanol–water partition coefficient (Wildman–Crippen LogP) is 2.45. The Morgan fingerprint density at radius 2 is 2.24 bits per heavy atom. The van der Waals surface area contributed by atoms with Crippen LogP contribution in [-0.2, 0) is 0 Å². The van der Waals surface area contributed by atoms with Crippen LogP contribution in [0.25, 0.3) is 0 Å². The molecule has 1 aromatic rings. The van der Waals surface area contributed by atoms with Gasteiger partial charge in [-0.15, -0.1) is 0 Å². The molecule has 2 rings (SSSR count). The molecule has 2 atom stereocenters. The van der Waals surface area contributed by atoms with Crippen LogP contribution in [0.3, 0.4) is 0 Å². The van der Waals surface area contributed by atoms with Gasteiger partial charge in [-0.3, -0.25) is 4.79 Å². The summed E-state index contributed by atoms with van der Waals surface area (Å²) >= 11 is 0. The summed E-state index contributed by atoms with van der Waals surface area (Å²) in [6, 6.07) is 3.71. The average Bonchev–Trinajstić information content (AvgIpc) is 2.64. The first-order valence-corrected chi connectivity index (χ1v) is 5.87. The number of rotatable bonds is 2. The van der Waals surface area contributed by atoms with Gasteiger partial charge in [-0.1, -0.05) is 13.3 Å². The van der Waals surface area contributed by atoms with Crippen molar-refractivity contribution in [1.29, 1.82) is 0 Å². The summed E-state index contributed by atoms with van der Waals surface area (Å²) in [6.07, 6.45) is 3.15. The number of hydrogen-bond acceptors (Lipinski definition) is 2. The second-order valence-corrected chi connectivity index (χ2v) is 4.65. The second kappa shape index (κ2) is 4.73. The van der Waals surface area contributed by atoms with Gasteiger partial charge in [0, 0.05) is 12.1 Å². The first kappa shape index (κ1) is 11.9. The molecule has 0 radical (unpaired) electrons. The van der Waals surface area contributed by atoms with Gasteiger partial charge in [0.2, 0.25) is 0 Å². The molecule has 4 heteroatoms. The van der Waals surface area contributed by atoms with E-state index in [-0.39, 0.29) is 17.4 Å². The maximum atomic E-state index is 13.5. The van der Waals surface area contributed by atoms with Gasteiger partial charge in [0.05, 0.1) is 5.56 Å². The third-order valence-electron chi connectivity index (χ3n) is 3.38. The van der Waals surface area contributed by atoms with E-state index in [0.29, 0.717) is 5.92 Å². The van der Waals surface area contributed by atoms with E-state index in [0.717, 1.165) is 25.3 Å². The Morgan fingerprint density at radius 3 is 2.82 bits per heavy atom. The maximum absolute atomic E-state index is 13.5. The molecular formula is C13H16FNO2. The lowest BCUT2D eigenvalue weighted by atomic mass is 10.1. The van der Waals surface area contributed by atoms with E-state index in [1.54, 1.807) is 0 Å². The summed E-state index contributed by atoms with van der Waals surface area (Å²) < 4.78 is 13.5. The molecule has 92 valence electrons. The molecule has 2 unspecified atom stereocenters. The molecule has 0 bridgehead atoms. The third-order valence-corrected chi connectivity index (χ3v) is 3.38. The van der Waals surface area contributed by atoms with Crippen LogP contribution >= 0.6 is 0 Å². The molecule has 2 N–H and O–H groups in total. The normalized spacial score (nSPS) is 23.6. The van der Waals surface area contributed by atoms with Crippen LogP contribution in [0, 0.1) is 11.7 Å². The summed E-state index contributed by atoms with van der Waals surface area (Å²) in [5.41, 5.74) is -0.0121. The van der Waals surface area contributed by atoms with Gasteiger partial charge < -0.3 is 10.4 Å². The zero-order valence-corrected chi connectivity index (χ0v) is 9.74. The quantitative estimate of drug-likeness (QED) is 0.830. The Kier molecular flexibility index (Phi) is 3.31. The number of aromatic hydroxyl groups is 1. The lowest BCUT2D eigenvalue weighted by Crippen LogP contribution is -2.36. The van der Waals surface area contributed by atoms with Crippen LogP contribution in [0.2, 0.25) is 0 Å². The lowest BCUT2D eigenvalue weighted by molar-refractivity contribution is 0.0925. The van der Waals surface area contributed by atoms with E-state index < -0.39 is 11.7 Å². The summed E-state index contributed by atoms with van der Waals surface area (Å²) in [6.45, 7) is 2.09. The summed E-state index contributed by atoms with van der Waals surface area (Å²) in [5, 5.41) is 11.9. The molecule has 3 nitrogen and oxygen atoms in total. The van der Waals surface area contributed by atoms with E-state index in [1.807, 2.05) is 0 Å². The van der Waals surface area contributed by atoms with Crippen LogP contribution < -0.4 is 5.32 Å². The van der Waals surface area contributed by atoms with Crippen molar-refractivity contribution >= 4 is 5.91 Å². The molecule has 1 aliphatic carbocycles. The lowest BCUT2D eigenvalue weighted by Gasteiger charge is -2.17. The number of nitrogens with one attached hydrogen (secondary N) is 1. The molecule has 1 amide bonds. The largest absolute Gasteiger partial charge is 0.508 e. The Balaban J connectivity index is 2.09. The monoisotopic (exact) mass is 237 g/mol.